The Balaban J connectivity index is 0.000000116. The summed E-state index contributed by atoms with van der Waals surface area (Å²) in [5, 5.41) is 27.9. The Morgan fingerprint density at radius 1 is 0.161 bits per heavy atom. The monoisotopic (exact) mass is 1900 g/mol. The van der Waals surface area contributed by atoms with Crippen molar-refractivity contribution in [1.82, 2.24) is 15.0 Å². The summed E-state index contributed by atoms with van der Waals surface area (Å²) in [5.41, 5.74) is 14.4. The predicted molar refractivity (Wildman–Crippen MR) is 596 cm³/mol. The second-order valence-corrected chi connectivity index (χ2v) is 44.2. The normalized spacial score (nSPS) is 11.8. The molecule has 26 rings (SSSR count). The van der Waals surface area contributed by atoms with Crippen LogP contribution in [0.25, 0.3) is 186 Å². The Morgan fingerprint density at radius 3 is 0.811 bits per heavy atom. The molecule has 3 heterocycles. The Kier molecular flexibility index (Phi) is 23.0. The smallest absolute Gasteiger partial charge is 0.171 e. The van der Waals surface area contributed by atoms with E-state index >= 15 is 9.13 Å². The summed E-state index contributed by atoms with van der Waals surface area (Å²) in [6.07, 6.45) is 0. The lowest BCUT2D eigenvalue weighted by atomic mass is 9.90. The molecule has 0 saturated carbocycles. The van der Waals surface area contributed by atoms with Crippen LogP contribution in [0.1, 0.15) is 0 Å². The van der Waals surface area contributed by atoms with Crippen molar-refractivity contribution in [3.05, 3.63) is 533 Å². The van der Waals surface area contributed by atoms with Gasteiger partial charge in [-0.1, -0.05) is 406 Å². The van der Waals surface area contributed by atoms with Crippen LogP contribution in [0.4, 0.5) is 13.2 Å². The highest BCUT2D eigenvalue weighted by atomic mass is 31.2. The van der Waals surface area contributed by atoms with Crippen LogP contribution in [0, 0.1) is 17.5 Å². The maximum atomic E-state index is 15.5. The van der Waals surface area contributed by atoms with Crippen molar-refractivity contribution in [2.45, 2.75) is 0 Å². The predicted octanol–water partition coefficient (Wildman–Crippen LogP) is 31.3. The van der Waals surface area contributed by atoms with Crippen molar-refractivity contribution in [3.8, 4) is 67.2 Å². The minimum absolute atomic E-state index is 0.267. The molecule has 0 radical (unpaired) electrons. The van der Waals surface area contributed by atoms with E-state index in [1.807, 2.05) is 255 Å². The first kappa shape index (κ1) is 88.5. The largest absolute Gasteiger partial charge is 0.309 e. The number of para-hydroxylation sites is 3. The van der Waals surface area contributed by atoms with Gasteiger partial charge in [0, 0.05) is 113 Å². The van der Waals surface area contributed by atoms with E-state index in [1.54, 1.807) is 36.4 Å². The molecule has 26 aromatic rings. The zero-order chi connectivity index (χ0) is 96.3. The molecule has 0 aliphatic carbocycles. The van der Waals surface area contributed by atoms with Gasteiger partial charge in [0.25, 0.3) is 0 Å². The number of nitrogens with zero attached hydrogens (tertiary/aromatic N) is 3. The van der Waals surface area contributed by atoms with Crippen molar-refractivity contribution in [1.29, 1.82) is 0 Å². The van der Waals surface area contributed by atoms with Gasteiger partial charge in [-0.15, -0.1) is 0 Å². The van der Waals surface area contributed by atoms with E-state index in [0.717, 1.165) is 234 Å². The summed E-state index contributed by atoms with van der Waals surface area (Å²) in [6.45, 7) is 0. The molecule has 0 fully saturated rings. The third-order valence-electron chi connectivity index (χ3n) is 27.8. The van der Waals surface area contributed by atoms with E-state index in [1.165, 1.54) is 36.4 Å². The Hall–Kier alpha value is -17.2. The molecule has 678 valence electrons. The molecule has 3 aromatic heterocycles. The van der Waals surface area contributed by atoms with Gasteiger partial charge in [0.2, 0.25) is 0 Å². The molecule has 23 aromatic carbocycles. The van der Waals surface area contributed by atoms with Gasteiger partial charge in [-0.2, -0.15) is 0 Å². The molecule has 0 aliphatic heterocycles. The molecule has 0 unspecified atom stereocenters. The SMILES string of the molecule is O=P(c1ccccc1)(c1ccccc1)c1ccc(-c2cccc3c2ccc2c(-c4ccc(F)cc4)nc4ccccc4c23)c2ccccc12.O=P(c1ccccc1)(c1ccccc1)c1ccc(-c2cccc3c2ccc2c(-c4ccc(F)cc4)nc4ccccc4c23)cc1.O=P(c1ccccc1)(c1ccccc1)c1ccc2cc(-c3cccc4c3ccc3c(-c5ccc(F)cc5)nc5ccccc5c34)ccc2c1. The number of pyridine rings is 3. The number of fused-ring (bicyclic) bond motifs is 17. The van der Waals surface area contributed by atoms with Gasteiger partial charge in [0.1, 0.15) is 17.5 Å². The van der Waals surface area contributed by atoms with Gasteiger partial charge in [0.05, 0.1) is 33.6 Å². The molecule has 0 N–H and O–H groups in total. The number of benzene rings is 23. The fourth-order valence-corrected chi connectivity index (χ4v) is 29.2. The molecule has 0 bridgehead atoms. The summed E-state index contributed by atoms with van der Waals surface area (Å²) in [6, 6.07) is 169. The van der Waals surface area contributed by atoms with Gasteiger partial charge in [-0.25, -0.2) is 28.1 Å². The molecule has 12 heteroatoms. The fourth-order valence-electron chi connectivity index (χ4n) is 21.0. The number of rotatable bonds is 15. The minimum Gasteiger partial charge on any atom is -0.309 e. The van der Waals surface area contributed by atoms with Crippen molar-refractivity contribution < 1.29 is 26.9 Å². The van der Waals surface area contributed by atoms with Crippen LogP contribution in [0.3, 0.4) is 0 Å². The van der Waals surface area contributed by atoms with Crippen LogP contribution in [-0.2, 0) is 13.7 Å². The molecule has 0 aliphatic rings. The third kappa shape index (κ3) is 15.8. The first-order chi connectivity index (χ1) is 70.3. The van der Waals surface area contributed by atoms with Crippen molar-refractivity contribution >= 4 is 188 Å². The van der Waals surface area contributed by atoms with Crippen LogP contribution >= 0.6 is 21.4 Å². The van der Waals surface area contributed by atoms with Gasteiger partial charge in [-0.3, -0.25) is 0 Å². The summed E-state index contributed by atoms with van der Waals surface area (Å²) in [7, 11) is -9.35. The van der Waals surface area contributed by atoms with Gasteiger partial charge in [-0.05, 0) is 196 Å². The number of hydrogen-bond donors (Lipinski definition) is 0. The molecular weight excluding hydrogens is 1810 g/mol. The van der Waals surface area contributed by atoms with Gasteiger partial charge >= 0.3 is 0 Å². The van der Waals surface area contributed by atoms with E-state index in [-0.39, 0.29) is 17.5 Å². The van der Waals surface area contributed by atoms with E-state index in [2.05, 4.69) is 188 Å². The molecule has 0 saturated heterocycles. The highest BCUT2D eigenvalue weighted by molar-refractivity contribution is 7.86. The average molecular weight is 1900 g/mol. The zero-order valence-corrected chi connectivity index (χ0v) is 79.8. The van der Waals surface area contributed by atoms with Crippen LogP contribution in [0.2, 0.25) is 0 Å². The summed E-state index contributed by atoms with van der Waals surface area (Å²) in [5.74, 6) is -0.808. The summed E-state index contributed by atoms with van der Waals surface area (Å²) in [4.78, 5) is 15.1. The third-order valence-corrected chi connectivity index (χ3v) is 37.1. The lowest BCUT2D eigenvalue weighted by Crippen LogP contribution is -2.25. The van der Waals surface area contributed by atoms with Crippen LogP contribution < -0.4 is 47.7 Å². The lowest BCUT2D eigenvalue weighted by Gasteiger charge is -2.23. The molecule has 0 spiro atoms. The van der Waals surface area contributed by atoms with Gasteiger partial charge < -0.3 is 13.7 Å². The standard InChI is InChI=1S/2C45H29FNOP.C41H27FNOP/c46-31-24-22-30(23-25-31)45-41-27-26-37-34(19-11-20-39(37)44(41)40-18-9-10-21-42(40)47-45)36-28-29-43(38-17-8-7-16-35(36)38)49(48,32-12-3-1-4-13-32)33-14-5-2-6-15-33;46-34-23-20-30(21-24-34)45-42-27-26-39-38(15-9-16-40(39)44(42)41-14-7-8-17-43(41)47-45)33-19-18-32-29-37(25-22-31(32)28-33)49(48,35-10-3-1-4-11-35)36-12-5-2-6-13-36;42-30-22-18-29(19-23-30)41-38-27-26-35-34(15-9-16-36(35)40(38)37-14-7-8-17-39(37)43-41)28-20-24-33(25-21-28)45(44,31-10-3-1-4-11-31)32-12-5-2-6-13-32/h2*1-29H;1-27H. The topological polar surface area (TPSA) is 89.9 Å². The van der Waals surface area contributed by atoms with E-state index in [9.17, 15) is 17.7 Å². The van der Waals surface area contributed by atoms with E-state index < -0.39 is 21.4 Å². The first-order valence-corrected chi connectivity index (χ1v) is 52.7. The highest BCUT2D eigenvalue weighted by Gasteiger charge is 2.35. The molecule has 6 nitrogen and oxygen atoms in total. The van der Waals surface area contributed by atoms with E-state index in [4.69, 9.17) is 15.0 Å². The van der Waals surface area contributed by atoms with Gasteiger partial charge in [0.15, 0.2) is 21.4 Å². The second-order valence-electron chi connectivity index (χ2n) is 35.9. The quantitative estimate of drug-likeness (QED) is 0.0750. The van der Waals surface area contributed by atoms with Crippen molar-refractivity contribution in [2.24, 2.45) is 0 Å². The molecule has 0 amide bonds. The molecule has 0 atom stereocenters. The second kappa shape index (κ2) is 37.2. The van der Waals surface area contributed by atoms with Crippen LogP contribution in [0.5, 0.6) is 0 Å². The van der Waals surface area contributed by atoms with E-state index in [0.29, 0.717) is 0 Å². The highest BCUT2D eigenvalue weighted by Crippen LogP contribution is 2.51. The Labute approximate surface area is 824 Å². The molecular formula is C131H85F3N3O3P3. The van der Waals surface area contributed by atoms with Crippen molar-refractivity contribution in [2.75, 3.05) is 0 Å². The number of halogens is 3. The van der Waals surface area contributed by atoms with Crippen LogP contribution in [-0.4, -0.2) is 15.0 Å². The number of hydrogen-bond acceptors (Lipinski definition) is 6. The Bertz CT molecular complexity index is 9510. The zero-order valence-electron chi connectivity index (χ0n) is 77.1. The average Bonchev–Trinajstić information content (AvgIpc) is 0.721. The summed E-state index contributed by atoms with van der Waals surface area (Å²) < 4.78 is 87.0. The Morgan fingerprint density at radius 2 is 0.420 bits per heavy atom. The minimum atomic E-state index is -3.21. The maximum Gasteiger partial charge on any atom is 0.171 e. The number of aromatic nitrogens is 3. The maximum absolute atomic E-state index is 15.5. The van der Waals surface area contributed by atoms with Crippen LogP contribution in [0.15, 0.2) is 516 Å². The van der Waals surface area contributed by atoms with Crippen molar-refractivity contribution in [3.63, 3.8) is 0 Å². The fraction of sp³-hybridized carbons (Fsp3) is 0. The lowest BCUT2D eigenvalue weighted by molar-refractivity contribution is 0.591. The molecule has 143 heavy (non-hydrogen) atoms. The summed E-state index contributed by atoms with van der Waals surface area (Å²) >= 11 is 0. The first-order valence-electron chi connectivity index (χ1n) is 47.6.